The van der Waals surface area contributed by atoms with Crippen LogP contribution in [0.5, 0.6) is 0 Å². The number of amides is 2. The first-order valence-corrected chi connectivity index (χ1v) is 6.06. The van der Waals surface area contributed by atoms with Crippen molar-refractivity contribution in [2.24, 2.45) is 17.4 Å². The van der Waals surface area contributed by atoms with Crippen molar-refractivity contribution in [1.29, 1.82) is 0 Å². The average Bonchev–Trinajstić information content (AvgIpc) is 2.55. The Kier molecular flexibility index (Phi) is 2.71. The van der Waals surface area contributed by atoms with Crippen molar-refractivity contribution >= 4 is 23.2 Å². The number of carbonyl (C=O) groups is 2. The summed E-state index contributed by atoms with van der Waals surface area (Å²) in [7, 11) is 0. The van der Waals surface area contributed by atoms with Crippen LogP contribution in [0.4, 0.5) is 0 Å². The Morgan fingerprint density at radius 3 is 2.56 bits per heavy atom. The van der Waals surface area contributed by atoms with Crippen molar-refractivity contribution in [2.75, 3.05) is 0 Å². The SMILES string of the molecule is CC1CCc2c(sc(C(N)=O)c2C(N)=O)C1. The molecule has 1 aliphatic rings. The van der Waals surface area contributed by atoms with Crippen LogP contribution in [0.15, 0.2) is 0 Å². The van der Waals surface area contributed by atoms with E-state index in [9.17, 15) is 9.59 Å². The molecule has 1 aromatic rings. The van der Waals surface area contributed by atoms with E-state index in [0.717, 1.165) is 29.7 Å². The molecule has 1 aliphatic carbocycles. The average molecular weight is 238 g/mol. The van der Waals surface area contributed by atoms with Gasteiger partial charge in [-0.1, -0.05) is 6.92 Å². The highest BCUT2D eigenvalue weighted by Crippen LogP contribution is 2.35. The molecule has 1 unspecified atom stereocenters. The van der Waals surface area contributed by atoms with Crippen LogP contribution < -0.4 is 11.5 Å². The molecule has 5 heteroatoms. The van der Waals surface area contributed by atoms with Crippen LogP contribution in [0.3, 0.4) is 0 Å². The van der Waals surface area contributed by atoms with Crippen molar-refractivity contribution < 1.29 is 9.59 Å². The van der Waals surface area contributed by atoms with Crippen LogP contribution in [-0.4, -0.2) is 11.8 Å². The highest BCUT2D eigenvalue weighted by molar-refractivity contribution is 7.14. The van der Waals surface area contributed by atoms with Gasteiger partial charge in [-0.2, -0.15) is 0 Å². The lowest BCUT2D eigenvalue weighted by Gasteiger charge is -2.18. The first-order chi connectivity index (χ1) is 7.50. The van der Waals surface area contributed by atoms with Gasteiger partial charge in [0, 0.05) is 4.88 Å². The summed E-state index contributed by atoms with van der Waals surface area (Å²) < 4.78 is 0. The Balaban J connectivity index is 2.57. The summed E-state index contributed by atoms with van der Waals surface area (Å²) in [5.41, 5.74) is 11.9. The molecule has 1 heterocycles. The van der Waals surface area contributed by atoms with Gasteiger partial charge >= 0.3 is 0 Å². The predicted octanol–water partition coefficient (Wildman–Crippen LogP) is 1.07. The van der Waals surface area contributed by atoms with E-state index in [1.807, 2.05) is 0 Å². The van der Waals surface area contributed by atoms with E-state index >= 15 is 0 Å². The Morgan fingerprint density at radius 1 is 1.31 bits per heavy atom. The monoisotopic (exact) mass is 238 g/mol. The van der Waals surface area contributed by atoms with Crippen molar-refractivity contribution in [3.05, 3.63) is 20.9 Å². The molecule has 2 amide bonds. The molecule has 4 N–H and O–H groups in total. The summed E-state index contributed by atoms with van der Waals surface area (Å²) in [6.07, 6.45) is 2.76. The summed E-state index contributed by atoms with van der Waals surface area (Å²) in [6, 6.07) is 0. The second-order valence-corrected chi connectivity index (χ2v) is 5.39. The molecule has 0 aliphatic heterocycles. The van der Waals surface area contributed by atoms with Gasteiger partial charge in [0.25, 0.3) is 11.8 Å². The summed E-state index contributed by atoms with van der Waals surface area (Å²) in [5, 5.41) is 0. The number of hydrogen-bond donors (Lipinski definition) is 2. The minimum atomic E-state index is -0.555. The molecule has 1 aromatic heterocycles. The molecule has 4 nitrogen and oxygen atoms in total. The summed E-state index contributed by atoms with van der Waals surface area (Å²) in [5.74, 6) is -0.505. The Morgan fingerprint density at radius 2 is 2.00 bits per heavy atom. The van der Waals surface area contributed by atoms with Crippen LogP contribution in [0.2, 0.25) is 0 Å². The molecule has 0 saturated carbocycles. The van der Waals surface area contributed by atoms with Crippen LogP contribution >= 0.6 is 11.3 Å². The molecule has 0 fully saturated rings. The normalized spacial score (nSPS) is 19.2. The molecule has 86 valence electrons. The largest absolute Gasteiger partial charge is 0.366 e. The number of hydrogen-bond acceptors (Lipinski definition) is 3. The molecule has 0 spiro atoms. The smallest absolute Gasteiger partial charge is 0.259 e. The van der Waals surface area contributed by atoms with Gasteiger partial charge < -0.3 is 11.5 Å². The standard InChI is InChI=1S/C11H14N2O2S/c1-5-2-3-6-7(4-5)16-9(11(13)15)8(6)10(12)14/h5H,2-4H2,1H3,(H2,12,14)(H2,13,15). The fourth-order valence-corrected chi connectivity index (χ4v) is 3.55. The van der Waals surface area contributed by atoms with E-state index in [2.05, 4.69) is 6.92 Å². The lowest BCUT2D eigenvalue weighted by atomic mass is 9.88. The van der Waals surface area contributed by atoms with Gasteiger partial charge in [-0.3, -0.25) is 9.59 Å². The van der Waals surface area contributed by atoms with Crippen LogP contribution in [0, 0.1) is 5.92 Å². The fraction of sp³-hybridized carbons (Fsp3) is 0.455. The third-order valence-electron chi connectivity index (χ3n) is 2.98. The molecule has 16 heavy (non-hydrogen) atoms. The van der Waals surface area contributed by atoms with Crippen molar-refractivity contribution in [3.8, 4) is 0 Å². The third-order valence-corrected chi connectivity index (χ3v) is 4.25. The van der Waals surface area contributed by atoms with Crippen molar-refractivity contribution in [2.45, 2.75) is 26.2 Å². The molecular formula is C11H14N2O2S. The zero-order chi connectivity index (χ0) is 11.9. The second-order valence-electron chi connectivity index (χ2n) is 4.28. The van der Waals surface area contributed by atoms with Gasteiger partial charge in [0.1, 0.15) is 4.88 Å². The number of carbonyl (C=O) groups excluding carboxylic acids is 2. The number of primary amides is 2. The number of fused-ring (bicyclic) bond motifs is 1. The van der Waals surface area contributed by atoms with Crippen LogP contribution in [0.25, 0.3) is 0 Å². The van der Waals surface area contributed by atoms with E-state index in [1.165, 1.54) is 11.3 Å². The van der Waals surface area contributed by atoms with E-state index in [4.69, 9.17) is 11.5 Å². The number of thiophene rings is 1. The lowest BCUT2D eigenvalue weighted by Crippen LogP contribution is -2.20. The highest BCUT2D eigenvalue weighted by Gasteiger charge is 2.28. The van der Waals surface area contributed by atoms with Crippen LogP contribution in [-0.2, 0) is 12.8 Å². The van der Waals surface area contributed by atoms with Gasteiger partial charge in [-0.15, -0.1) is 11.3 Å². The maximum atomic E-state index is 11.4. The lowest BCUT2D eigenvalue weighted by molar-refractivity contribution is 0.0970. The van der Waals surface area contributed by atoms with Crippen molar-refractivity contribution in [1.82, 2.24) is 0 Å². The first kappa shape index (κ1) is 11.1. The fourth-order valence-electron chi connectivity index (χ4n) is 2.18. The second kappa shape index (κ2) is 3.90. The van der Waals surface area contributed by atoms with E-state index < -0.39 is 11.8 Å². The maximum absolute atomic E-state index is 11.4. The molecule has 2 rings (SSSR count). The summed E-state index contributed by atoms with van der Waals surface area (Å²) in [4.78, 5) is 24.0. The van der Waals surface area contributed by atoms with Crippen molar-refractivity contribution in [3.63, 3.8) is 0 Å². The predicted molar refractivity (Wildman–Crippen MR) is 62.5 cm³/mol. The molecule has 0 bridgehead atoms. The molecule has 0 radical (unpaired) electrons. The van der Waals surface area contributed by atoms with E-state index in [0.29, 0.717) is 16.4 Å². The Labute approximate surface area is 97.6 Å². The molecule has 0 saturated heterocycles. The molecule has 1 atom stereocenters. The Bertz CT molecular complexity index is 465. The van der Waals surface area contributed by atoms with Crippen LogP contribution in [0.1, 0.15) is 43.8 Å². The Hall–Kier alpha value is -1.36. The zero-order valence-electron chi connectivity index (χ0n) is 9.08. The minimum absolute atomic E-state index is 0.326. The van der Waals surface area contributed by atoms with E-state index in [1.54, 1.807) is 0 Å². The number of rotatable bonds is 2. The molecule has 0 aromatic carbocycles. The minimum Gasteiger partial charge on any atom is -0.366 e. The van der Waals surface area contributed by atoms with Gasteiger partial charge in [0.05, 0.1) is 5.56 Å². The van der Waals surface area contributed by atoms with Gasteiger partial charge in [0.2, 0.25) is 0 Å². The first-order valence-electron chi connectivity index (χ1n) is 5.24. The van der Waals surface area contributed by atoms with Gasteiger partial charge in [0.15, 0.2) is 0 Å². The maximum Gasteiger partial charge on any atom is 0.259 e. The topological polar surface area (TPSA) is 86.2 Å². The number of nitrogens with two attached hydrogens (primary N) is 2. The molecular weight excluding hydrogens is 224 g/mol. The third kappa shape index (κ3) is 1.71. The summed E-state index contributed by atoms with van der Waals surface area (Å²) in [6.45, 7) is 2.16. The summed E-state index contributed by atoms with van der Waals surface area (Å²) >= 11 is 1.33. The zero-order valence-corrected chi connectivity index (χ0v) is 9.89. The van der Waals surface area contributed by atoms with E-state index in [-0.39, 0.29) is 0 Å². The quantitative estimate of drug-likeness (QED) is 0.807. The van der Waals surface area contributed by atoms with Gasteiger partial charge in [-0.25, -0.2) is 0 Å². The highest BCUT2D eigenvalue weighted by atomic mass is 32.1. The van der Waals surface area contributed by atoms with Gasteiger partial charge in [-0.05, 0) is 30.7 Å².